The maximum absolute atomic E-state index is 12.8. The van der Waals surface area contributed by atoms with Crippen molar-refractivity contribution in [2.45, 2.75) is 51.2 Å². The van der Waals surface area contributed by atoms with Crippen LogP contribution in [0.15, 0.2) is 35.4 Å². The number of hydrogen-bond donors (Lipinski definition) is 1. The average Bonchev–Trinajstić information content (AvgIpc) is 3.33. The minimum atomic E-state index is -0.277. The summed E-state index contributed by atoms with van der Waals surface area (Å²) in [6, 6.07) is 5.94. The predicted octanol–water partition coefficient (Wildman–Crippen LogP) is 0.863. The summed E-state index contributed by atoms with van der Waals surface area (Å²) in [6.45, 7) is 4.29. The molecular weight excluding hydrogens is 382 g/mol. The Labute approximate surface area is 173 Å². The Hall–Kier alpha value is -3.07. The lowest BCUT2D eigenvalue weighted by molar-refractivity contribution is -0.122. The van der Waals surface area contributed by atoms with E-state index < -0.39 is 0 Å². The third kappa shape index (κ3) is 3.85. The number of carbonyl (C=O) groups is 1. The van der Waals surface area contributed by atoms with Crippen LogP contribution < -0.4 is 10.9 Å². The van der Waals surface area contributed by atoms with Crippen molar-refractivity contribution < 1.29 is 4.79 Å². The molecule has 2 aliphatic rings. The molecule has 5 rings (SSSR count). The van der Waals surface area contributed by atoms with Gasteiger partial charge in [-0.1, -0.05) is 0 Å². The Morgan fingerprint density at radius 1 is 1.20 bits per heavy atom. The van der Waals surface area contributed by atoms with Crippen LogP contribution in [0.1, 0.15) is 42.3 Å². The molecule has 2 fully saturated rings. The van der Waals surface area contributed by atoms with Gasteiger partial charge in [-0.05, 0) is 49.9 Å². The van der Waals surface area contributed by atoms with Gasteiger partial charge in [0.05, 0.1) is 5.69 Å². The van der Waals surface area contributed by atoms with Crippen LogP contribution in [0.5, 0.6) is 0 Å². The number of amides is 1. The largest absolute Gasteiger partial charge is 0.350 e. The predicted molar refractivity (Wildman–Crippen MR) is 110 cm³/mol. The van der Waals surface area contributed by atoms with Gasteiger partial charge >= 0.3 is 0 Å². The second kappa shape index (κ2) is 7.64. The van der Waals surface area contributed by atoms with Gasteiger partial charge in [0.15, 0.2) is 0 Å². The van der Waals surface area contributed by atoms with Gasteiger partial charge in [0.1, 0.15) is 17.9 Å². The Bertz CT molecular complexity index is 1130. The first-order valence-electron chi connectivity index (χ1n) is 10.4. The van der Waals surface area contributed by atoms with Crippen LogP contribution in [0, 0.1) is 6.92 Å². The third-order valence-electron chi connectivity index (χ3n) is 5.84. The minimum absolute atomic E-state index is 0.0799. The van der Waals surface area contributed by atoms with E-state index in [2.05, 4.69) is 25.4 Å². The van der Waals surface area contributed by atoms with Crippen molar-refractivity contribution in [2.75, 3.05) is 13.1 Å². The number of pyridine rings is 1. The highest BCUT2D eigenvalue weighted by Crippen LogP contribution is 2.39. The number of hydrogen-bond acceptors (Lipinski definition) is 6. The van der Waals surface area contributed by atoms with Crippen molar-refractivity contribution in [3.8, 4) is 0 Å². The van der Waals surface area contributed by atoms with Crippen LogP contribution in [0.3, 0.4) is 0 Å². The van der Waals surface area contributed by atoms with Crippen LogP contribution in [-0.4, -0.2) is 54.3 Å². The Kier molecular flexibility index (Phi) is 4.82. The Morgan fingerprint density at radius 2 is 2.00 bits per heavy atom. The summed E-state index contributed by atoms with van der Waals surface area (Å²) in [4.78, 5) is 31.8. The van der Waals surface area contributed by atoms with Crippen LogP contribution in [-0.2, 0) is 17.9 Å². The van der Waals surface area contributed by atoms with Crippen molar-refractivity contribution in [1.82, 2.24) is 34.6 Å². The van der Waals surface area contributed by atoms with Crippen LogP contribution in [0.4, 0.5) is 0 Å². The first-order valence-corrected chi connectivity index (χ1v) is 10.4. The van der Waals surface area contributed by atoms with E-state index in [0.717, 1.165) is 44.6 Å². The third-order valence-corrected chi connectivity index (χ3v) is 5.84. The van der Waals surface area contributed by atoms with E-state index in [0.29, 0.717) is 17.3 Å². The van der Waals surface area contributed by atoms with E-state index in [9.17, 15) is 9.59 Å². The van der Waals surface area contributed by atoms with Crippen LogP contribution in [0.2, 0.25) is 0 Å². The van der Waals surface area contributed by atoms with Gasteiger partial charge in [-0.15, -0.1) is 0 Å². The number of rotatable bonds is 6. The zero-order valence-corrected chi connectivity index (χ0v) is 17.0. The number of likely N-dealkylation sites (tertiary alicyclic amines) is 1. The zero-order valence-electron chi connectivity index (χ0n) is 17.0. The molecule has 4 heterocycles. The standard InChI is InChI=1S/C21H25N7O2/c1-14-24-27(21(30)19-10-18(16-2-3-16)25-28(14)19)13-20(29)23-17-6-9-26(12-17)11-15-4-7-22-8-5-15/h4-5,7-8,10,16-17H,2-3,6,9,11-13H2,1H3,(H,23,29)/t17-/m0/s1. The second-order valence-corrected chi connectivity index (χ2v) is 8.29. The molecule has 0 unspecified atom stereocenters. The number of nitrogens with one attached hydrogen (secondary N) is 1. The van der Waals surface area contributed by atoms with Crippen molar-refractivity contribution >= 4 is 11.4 Å². The fraction of sp³-hybridized carbons (Fsp3) is 0.476. The van der Waals surface area contributed by atoms with Crippen molar-refractivity contribution in [3.63, 3.8) is 0 Å². The monoisotopic (exact) mass is 407 g/mol. The molecule has 30 heavy (non-hydrogen) atoms. The lowest BCUT2D eigenvalue weighted by atomic mass is 10.2. The quantitative estimate of drug-likeness (QED) is 0.651. The molecule has 1 saturated carbocycles. The maximum atomic E-state index is 12.8. The molecule has 0 radical (unpaired) electrons. The van der Waals surface area contributed by atoms with Gasteiger partial charge in [-0.2, -0.15) is 10.2 Å². The average molecular weight is 407 g/mol. The summed E-state index contributed by atoms with van der Waals surface area (Å²) in [5, 5.41) is 11.9. The Balaban J connectivity index is 1.23. The van der Waals surface area contributed by atoms with Gasteiger partial charge in [0.25, 0.3) is 5.56 Å². The lowest BCUT2D eigenvalue weighted by Gasteiger charge is -2.17. The van der Waals surface area contributed by atoms with Gasteiger partial charge < -0.3 is 5.32 Å². The molecule has 1 amide bonds. The summed E-state index contributed by atoms with van der Waals surface area (Å²) in [5.74, 6) is 0.873. The number of aryl methyl sites for hydroxylation is 1. The number of nitrogens with zero attached hydrogens (tertiary/aromatic N) is 6. The van der Waals surface area contributed by atoms with Crippen molar-refractivity contribution in [2.24, 2.45) is 0 Å². The first-order chi connectivity index (χ1) is 14.6. The number of aromatic nitrogens is 5. The SMILES string of the molecule is Cc1nn(CC(=O)N[C@H]2CCN(Cc3ccncc3)C2)c(=O)c2cc(C3CC3)nn12. The highest BCUT2D eigenvalue weighted by atomic mass is 16.2. The summed E-state index contributed by atoms with van der Waals surface area (Å²) in [7, 11) is 0. The minimum Gasteiger partial charge on any atom is -0.350 e. The van der Waals surface area contributed by atoms with E-state index in [1.165, 1.54) is 10.2 Å². The second-order valence-electron chi connectivity index (χ2n) is 8.29. The van der Waals surface area contributed by atoms with Crippen molar-refractivity contribution in [3.05, 3.63) is 58.0 Å². The van der Waals surface area contributed by atoms with Gasteiger partial charge in [0.2, 0.25) is 5.91 Å². The Morgan fingerprint density at radius 3 is 2.77 bits per heavy atom. The topological polar surface area (TPSA) is 97.4 Å². The van der Waals surface area contributed by atoms with Gasteiger partial charge in [-0.25, -0.2) is 9.20 Å². The maximum Gasteiger partial charge on any atom is 0.293 e. The van der Waals surface area contributed by atoms with Crippen LogP contribution in [0.25, 0.3) is 5.52 Å². The smallest absolute Gasteiger partial charge is 0.293 e. The van der Waals surface area contributed by atoms with Gasteiger partial charge in [0, 0.05) is 44.0 Å². The van der Waals surface area contributed by atoms with E-state index >= 15 is 0 Å². The molecule has 0 bridgehead atoms. The summed E-state index contributed by atoms with van der Waals surface area (Å²) in [5.41, 5.74) is 2.37. The summed E-state index contributed by atoms with van der Waals surface area (Å²) >= 11 is 0. The zero-order chi connectivity index (χ0) is 20.7. The highest BCUT2D eigenvalue weighted by molar-refractivity contribution is 5.76. The molecule has 1 saturated heterocycles. The number of carbonyl (C=O) groups excluding carboxylic acids is 1. The fourth-order valence-corrected chi connectivity index (χ4v) is 4.13. The fourth-order valence-electron chi connectivity index (χ4n) is 4.13. The molecule has 1 aliphatic carbocycles. The molecule has 3 aromatic rings. The highest BCUT2D eigenvalue weighted by Gasteiger charge is 2.28. The van der Waals surface area contributed by atoms with E-state index in [1.807, 2.05) is 18.2 Å². The van der Waals surface area contributed by atoms with E-state index in [4.69, 9.17) is 0 Å². The summed E-state index contributed by atoms with van der Waals surface area (Å²) in [6.07, 6.45) is 6.72. The molecule has 9 heteroatoms. The molecule has 9 nitrogen and oxygen atoms in total. The molecule has 156 valence electrons. The molecule has 1 N–H and O–H groups in total. The lowest BCUT2D eigenvalue weighted by Crippen LogP contribution is -2.41. The van der Waals surface area contributed by atoms with Crippen LogP contribution >= 0.6 is 0 Å². The normalized spacial score (nSPS) is 19.4. The summed E-state index contributed by atoms with van der Waals surface area (Å²) < 4.78 is 2.85. The van der Waals surface area contributed by atoms with Crippen molar-refractivity contribution in [1.29, 1.82) is 0 Å². The molecule has 0 aromatic carbocycles. The molecule has 1 atom stereocenters. The van der Waals surface area contributed by atoms with E-state index in [1.54, 1.807) is 23.8 Å². The molecular formula is C21H25N7O2. The first kappa shape index (κ1) is 18.9. The molecule has 1 aliphatic heterocycles. The number of fused-ring (bicyclic) bond motifs is 1. The molecule has 3 aromatic heterocycles. The molecule has 0 spiro atoms. The van der Waals surface area contributed by atoms with E-state index in [-0.39, 0.29) is 24.1 Å². The van der Waals surface area contributed by atoms with Gasteiger partial charge in [-0.3, -0.25) is 19.5 Å².